The molecule has 3 rings (SSSR count). The van der Waals surface area contributed by atoms with Crippen molar-refractivity contribution in [2.45, 2.75) is 6.54 Å². The Kier molecular flexibility index (Phi) is 3.25. The fourth-order valence-electron chi connectivity index (χ4n) is 2.18. The van der Waals surface area contributed by atoms with Crippen LogP contribution in [0.5, 0.6) is 0 Å². The number of rotatable bonds is 2. The summed E-state index contributed by atoms with van der Waals surface area (Å²) in [6, 6.07) is 0. The molecule has 1 fully saturated rings. The number of carbonyl (C=O) groups is 2. The molecule has 2 aromatic rings. The molecule has 2 amide bonds. The lowest BCUT2D eigenvalue weighted by atomic mass is 10.3. The average Bonchev–Trinajstić information content (AvgIpc) is 2.78. The zero-order valence-corrected chi connectivity index (χ0v) is 12.3. The van der Waals surface area contributed by atoms with Crippen LogP contribution in [-0.2, 0) is 23.2 Å². The van der Waals surface area contributed by atoms with E-state index in [0.29, 0.717) is 16.9 Å². The number of hydrogen-bond acceptors (Lipinski definition) is 5. The maximum atomic E-state index is 11.9. The molecule has 0 N–H and O–H groups in total. The standard InChI is InChI=1S/C12H13ClN6O2/c1-17-5-10(21)19(6-9(17)20)4-8-15-11(13)7-3-14-18(2)12(7)16-8/h3H,4-6H2,1-2H3. The molecular formula is C12H13ClN6O2. The van der Waals surface area contributed by atoms with Gasteiger partial charge in [0.25, 0.3) is 0 Å². The molecule has 0 aromatic carbocycles. The van der Waals surface area contributed by atoms with Crippen LogP contribution in [0, 0.1) is 0 Å². The lowest BCUT2D eigenvalue weighted by Gasteiger charge is -2.31. The fraction of sp³-hybridized carbons (Fsp3) is 0.417. The van der Waals surface area contributed by atoms with Gasteiger partial charge in [-0.3, -0.25) is 14.3 Å². The van der Waals surface area contributed by atoms with Gasteiger partial charge in [-0.25, -0.2) is 9.97 Å². The monoisotopic (exact) mass is 308 g/mol. The molecule has 0 bridgehead atoms. The van der Waals surface area contributed by atoms with Crippen LogP contribution in [-0.4, -0.2) is 61.5 Å². The van der Waals surface area contributed by atoms with Crippen molar-refractivity contribution in [2.24, 2.45) is 7.05 Å². The summed E-state index contributed by atoms with van der Waals surface area (Å²) in [5, 5.41) is 5.01. The summed E-state index contributed by atoms with van der Waals surface area (Å²) in [5.74, 6) is 0.144. The first-order valence-electron chi connectivity index (χ1n) is 6.31. The van der Waals surface area contributed by atoms with E-state index < -0.39 is 0 Å². The first-order valence-corrected chi connectivity index (χ1v) is 6.69. The Bertz CT molecular complexity index is 743. The SMILES string of the molecule is CN1CC(=O)N(Cc2nc(Cl)c3cnn(C)c3n2)CC1=O. The second kappa shape index (κ2) is 4.96. The zero-order valence-electron chi connectivity index (χ0n) is 11.6. The van der Waals surface area contributed by atoms with Gasteiger partial charge in [-0.2, -0.15) is 5.10 Å². The number of piperazine rings is 1. The van der Waals surface area contributed by atoms with Crippen molar-refractivity contribution in [1.29, 1.82) is 0 Å². The third-order valence-electron chi connectivity index (χ3n) is 3.40. The van der Waals surface area contributed by atoms with Gasteiger partial charge in [0, 0.05) is 14.1 Å². The van der Waals surface area contributed by atoms with E-state index in [2.05, 4.69) is 15.1 Å². The van der Waals surface area contributed by atoms with E-state index in [1.165, 1.54) is 9.80 Å². The van der Waals surface area contributed by atoms with Crippen molar-refractivity contribution in [3.63, 3.8) is 0 Å². The predicted molar refractivity (Wildman–Crippen MR) is 74.4 cm³/mol. The summed E-state index contributed by atoms with van der Waals surface area (Å²) in [5.41, 5.74) is 0.595. The van der Waals surface area contributed by atoms with E-state index in [0.717, 1.165) is 0 Å². The Morgan fingerprint density at radius 1 is 1.19 bits per heavy atom. The van der Waals surface area contributed by atoms with Crippen molar-refractivity contribution in [1.82, 2.24) is 29.5 Å². The summed E-state index contributed by atoms with van der Waals surface area (Å²) in [4.78, 5) is 35.0. The smallest absolute Gasteiger partial charge is 0.243 e. The number of carbonyl (C=O) groups excluding carboxylic acids is 2. The predicted octanol–water partition coefficient (Wildman–Crippen LogP) is -0.183. The number of likely N-dealkylation sites (N-methyl/N-ethyl adjacent to an activating group) is 1. The molecule has 0 aliphatic carbocycles. The van der Waals surface area contributed by atoms with Gasteiger partial charge in [-0.15, -0.1) is 0 Å². The molecule has 9 heteroatoms. The lowest BCUT2D eigenvalue weighted by molar-refractivity contribution is -0.149. The molecule has 0 saturated carbocycles. The number of aromatic nitrogens is 4. The Labute approximate surface area is 125 Å². The Morgan fingerprint density at radius 3 is 2.71 bits per heavy atom. The van der Waals surface area contributed by atoms with Crippen LogP contribution in [0.4, 0.5) is 0 Å². The number of fused-ring (bicyclic) bond motifs is 1. The van der Waals surface area contributed by atoms with Crippen molar-refractivity contribution in [3.05, 3.63) is 17.2 Å². The van der Waals surface area contributed by atoms with E-state index in [4.69, 9.17) is 11.6 Å². The summed E-state index contributed by atoms with van der Waals surface area (Å²) >= 11 is 6.10. The van der Waals surface area contributed by atoms with Gasteiger partial charge < -0.3 is 9.80 Å². The molecule has 3 heterocycles. The van der Waals surface area contributed by atoms with Crippen LogP contribution in [0.3, 0.4) is 0 Å². The van der Waals surface area contributed by atoms with E-state index in [1.807, 2.05) is 0 Å². The van der Waals surface area contributed by atoms with E-state index in [9.17, 15) is 9.59 Å². The second-order valence-electron chi connectivity index (χ2n) is 4.94. The summed E-state index contributed by atoms with van der Waals surface area (Å²) in [6.45, 7) is 0.250. The molecule has 2 aromatic heterocycles. The highest BCUT2D eigenvalue weighted by atomic mass is 35.5. The van der Waals surface area contributed by atoms with E-state index in [-0.39, 0.29) is 36.6 Å². The first kappa shape index (κ1) is 13.7. The van der Waals surface area contributed by atoms with Crippen LogP contribution in [0.2, 0.25) is 5.15 Å². The number of halogens is 1. The van der Waals surface area contributed by atoms with Gasteiger partial charge in [-0.1, -0.05) is 11.6 Å². The first-order chi connectivity index (χ1) is 9.95. The van der Waals surface area contributed by atoms with Crippen LogP contribution in [0.1, 0.15) is 5.82 Å². The normalized spacial score (nSPS) is 16.1. The van der Waals surface area contributed by atoms with Crippen LogP contribution in [0.15, 0.2) is 6.20 Å². The highest BCUT2D eigenvalue weighted by Gasteiger charge is 2.28. The van der Waals surface area contributed by atoms with Crippen molar-refractivity contribution in [2.75, 3.05) is 20.1 Å². The zero-order chi connectivity index (χ0) is 15.1. The minimum atomic E-state index is -0.137. The Balaban J connectivity index is 1.89. The fourth-order valence-corrected chi connectivity index (χ4v) is 2.41. The average molecular weight is 309 g/mol. The van der Waals surface area contributed by atoms with Crippen molar-refractivity contribution in [3.8, 4) is 0 Å². The Morgan fingerprint density at radius 2 is 1.95 bits per heavy atom. The number of hydrogen-bond donors (Lipinski definition) is 0. The maximum absolute atomic E-state index is 11.9. The molecular weight excluding hydrogens is 296 g/mol. The molecule has 8 nitrogen and oxygen atoms in total. The lowest BCUT2D eigenvalue weighted by Crippen LogP contribution is -2.51. The molecule has 110 valence electrons. The van der Waals surface area contributed by atoms with Crippen LogP contribution in [0.25, 0.3) is 11.0 Å². The third-order valence-corrected chi connectivity index (χ3v) is 3.69. The molecule has 0 radical (unpaired) electrons. The summed E-state index contributed by atoms with van der Waals surface area (Å²) in [6.07, 6.45) is 1.59. The topological polar surface area (TPSA) is 84.2 Å². The Hall–Kier alpha value is -2.22. The quantitative estimate of drug-likeness (QED) is 0.718. The van der Waals surface area contributed by atoms with Crippen molar-refractivity contribution >= 4 is 34.4 Å². The molecule has 0 atom stereocenters. The van der Waals surface area contributed by atoms with Crippen molar-refractivity contribution < 1.29 is 9.59 Å². The number of aryl methyl sites for hydroxylation is 1. The van der Waals surface area contributed by atoms with Crippen LogP contribution < -0.4 is 0 Å². The van der Waals surface area contributed by atoms with E-state index >= 15 is 0 Å². The van der Waals surface area contributed by atoms with Gasteiger partial charge >= 0.3 is 0 Å². The molecule has 21 heavy (non-hydrogen) atoms. The molecule has 1 aliphatic rings. The van der Waals surface area contributed by atoms with E-state index in [1.54, 1.807) is 25.0 Å². The maximum Gasteiger partial charge on any atom is 0.243 e. The third kappa shape index (κ3) is 2.42. The molecule has 1 saturated heterocycles. The number of nitrogens with zero attached hydrogens (tertiary/aromatic N) is 6. The summed E-state index contributed by atoms with van der Waals surface area (Å²) < 4.78 is 1.59. The minimum absolute atomic E-state index is 0.0275. The molecule has 0 spiro atoms. The largest absolute Gasteiger partial charge is 0.335 e. The highest BCUT2D eigenvalue weighted by molar-refractivity contribution is 6.33. The molecule has 1 aliphatic heterocycles. The second-order valence-corrected chi connectivity index (χ2v) is 5.29. The van der Waals surface area contributed by atoms with Gasteiger partial charge in [0.15, 0.2) is 11.5 Å². The van der Waals surface area contributed by atoms with Gasteiger partial charge in [-0.05, 0) is 0 Å². The minimum Gasteiger partial charge on any atom is -0.335 e. The summed E-state index contributed by atoms with van der Waals surface area (Å²) in [7, 11) is 3.35. The highest BCUT2D eigenvalue weighted by Crippen LogP contribution is 2.20. The number of amides is 2. The van der Waals surface area contributed by atoms with Gasteiger partial charge in [0.2, 0.25) is 11.8 Å². The molecule has 0 unspecified atom stereocenters. The van der Waals surface area contributed by atoms with Gasteiger partial charge in [0.05, 0.1) is 24.7 Å². The van der Waals surface area contributed by atoms with Crippen LogP contribution >= 0.6 is 11.6 Å². The van der Waals surface area contributed by atoms with Gasteiger partial charge in [0.1, 0.15) is 11.7 Å².